The van der Waals surface area contributed by atoms with E-state index in [0.29, 0.717) is 22.9 Å². The average Bonchev–Trinajstić information content (AvgIpc) is 2.87. The zero-order chi connectivity index (χ0) is 23.0. The molecule has 0 radical (unpaired) electrons. The molecule has 0 aliphatic heterocycles. The van der Waals surface area contributed by atoms with E-state index in [9.17, 15) is 10.4 Å². The van der Waals surface area contributed by atoms with Crippen LogP contribution in [-0.4, -0.2) is 28.5 Å². The van der Waals surface area contributed by atoms with E-state index in [1.54, 1.807) is 0 Å². The number of nitriles is 1. The maximum atomic E-state index is 10.5. The summed E-state index contributed by atoms with van der Waals surface area (Å²) in [4.78, 5) is 4.83. The highest BCUT2D eigenvalue weighted by Crippen LogP contribution is 2.34. The van der Waals surface area contributed by atoms with Gasteiger partial charge in [-0.2, -0.15) is 5.26 Å². The number of benzene rings is 3. The maximum Gasteiger partial charge on any atom is 0.115 e. The Morgan fingerprint density at radius 3 is 2.27 bits per heavy atom. The Kier molecular flexibility index (Phi) is 7.41. The third-order valence-electron chi connectivity index (χ3n) is 5.26. The lowest BCUT2D eigenvalue weighted by molar-refractivity contribution is 0.213. The molecule has 1 unspecified atom stereocenters. The summed E-state index contributed by atoms with van der Waals surface area (Å²) in [5, 5.41) is 24.4. The van der Waals surface area contributed by atoms with Gasteiger partial charge in [0.05, 0.1) is 17.4 Å². The summed E-state index contributed by atoms with van der Waals surface area (Å²) in [5.74, 6) is 0.424. The first kappa shape index (κ1) is 22.6. The summed E-state index contributed by atoms with van der Waals surface area (Å²) >= 11 is 1.41. The van der Waals surface area contributed by atoms with Crippen LogP contribution in [0.25, 0.3) is 22.4 Å². The number of aromatic nitrogens is 1. The van der Waals surface area contributed by atoms with Gasteiger partial charge in [0.1, 0.15) is 11.1 Å². The Morgan fingerprint density at radius 1 is 0.939 bits per heavy atom. The molecule has 1 heterocycles. The summed E-state index contributed by atoms with van der Waals surface area (Å²) in [6.07, 6.45) is -0.591. The van der Waals surface area contributed by atoms with E-state index >= 15 is 0 Å². The van der Waals surface area contributed by atoms with Crippen molar-refractivity contribution in [2.24, 2.45) is 0 Å². The predicted octanol–water partition coefficient (Wildman–Crippen LogP) is 6.16. The summed E-state index contributed by atoms with van der Waals surface area (Å²) < 4.78 is 0. The number of rotatable bonds is 8. The van der Waals surface area contributed by atoms with E-state index in [1.165, 1.54) is 17.3 Å². The number of nitrogens with one attached hydrogen (secondary N) is 1. The summed E-state index contributed by atoms with van der Waals surface area (Å²) in [7, 11) is 0. The van der Waals surface area contributed by atoms with Crippen LogP contribution in [0.4, 0.5) is 5.69 Å². The second-order valence-corrected chi connectivity index (χ2v) is 8.80. The summed E-state index contributed by atoms with van der Waals surface area (Å²) in [6, 6.07) is 32.2. The molecule has 33 heavy (non-hydrogen) atoms. The Morgan fingerprint density at radius 2 is 1.61 bits per heavy atom. The van der Waals surface area contributed by atoms with Crippen molar-refractivity contribution in [3.8, 4) is 28.5 Å². The molecule has 0 aliphatic carbocycles. The molecule has 0 bridgehead atoms. The van der Waals surface area contributed by atoms with Crippen molar-refractivity contribution in [1.82, 2.24) is 4.98 Å². The van der Waals surface area contributed by atoms with Crippen molar-refractivity contribution in [2.45, 2.75) is 18.1 Å². The molecule has 5 heteroatoms. The average molecular weight is 452 g/mol. The summed E-state index contributed by atoms with van der Waals surface area (Å²) in [5.41, 5.74) is 6.30. The van der Waals surface area contributed by atoms with Crippen LogP contribution >= 0.6 is 11.8 Å². The Labute approximate surface area is 199 Å². The molecule has 164 valence electrons. The third-order valence-corrected chi connectivity index (χ3v) is 6.38. The number of aryl methyl sites for hydroxylation is 1. The Hall–Kier alpha value is -3.59. The van der Waals surface area contributed by atoms with Gasteiger partial charge >= 0.3 is 0 Å². The minimum Gasteiger partial charge on any atom is -0.390 e. The largest absolute Gasteiger partial charge is 0.390 e. The standard InChI is InChI=1S/C28H25N3OS/c1-20-12-14-22(15-13-20)27-16-25(21-8-4-2-5-9-21)26(17-29)28(31-27)33-19-24(32)18-30-23-10-6-3-7-11-23/h2-16,24,30,32H,18-19H2,1H3. The fourth-order valence-electron chi connectivity index (χ4n) is 3.48. The third kappa shape index (κ3) is 5.81. The highest BCUT2D eigenvalue weighted by Gasteiger charge is 2.17. The van der Waals surface area contributed by atoms with Crippen LogP contribution in [0.3, 0.4) is 0 Å². The van der Waals surface area contributed by atoms with E-state index in [2.05, 4.69) is 30.4 Å². The second-order valence-electron chi connectivity index (χ2n) is 7.79. The van der Waals surface area contributed by atoms with Crippen molar-refractivity contribution in [2.75, 3.05) is 17.6 Å². The van der Waals surface area contributed by atoms with Gasteiger partial charge < -0.3 is 10.4 Å². The van der Waals surface area contributed by atoms with Gasteiger partial charge in [-0.3, -0.25) is 0 Å². The van der Waals surface area contributed by atoms with Crippen LogP contribution in [0.15, 0.2) is 96.0 Å². The first-order valence-corrected chi connectivity index (χ1v) is 11.8. The number of aliphatic hydroxyl groups excluding tert-OH is 1. The fourth-order valence-corrected chi connectivity index (χ4v) is 4.41. The second kappa shape index (κ2) is 10.8. The van der Waals surface area contributed by atoms with Crippen LogP contribution in [0.1, 0.15) is 11.1 Å². The molecule has 4 nitrogen and oxygen atoms in total. The topological polar surface area (TPSA) is 68.9 Å². The van der Waals surface area contributed by atoms with Gasteiger partial charge in [0, 0.05) is 29.1 Å². The minimum absolute atomic E-state index is 0.419. The van der Waals surface area contributed by atoms with Crippen molar-refractivity contribution < 1.29 is 5.11 Å². The fraction of sp³-hybridized carbons (Fsp3) is 0.143. The van der Waals surface area contributed by atoms with E-state index < -0.39 is 6.10 Å². The van der Waals surface area contributed by atoms with E-state index in [1.807, 2.05) is 78.9 Å². The predicted molar refractivity (Wildman–Crippen MR) is 136 cm³/mol. The number of hydrogen-bond acceptors (Lipinski definition) is 5. The molecule has 4 rings (SSSR count). The number of nitrogens with zero attached hydrogens (tertiary/aromatic N) is 2. The quantitative estimate of drug-likeness (QED) is 0.314. The van der Waals surface area contributed by atoms with Gasteiger partial charge in [0.2, 0.25) is 0 Å². The van der Waals surface area contributed by atoms with Crippen LogP contribution in [0, 0.1) is 18.3 Å². The van der Waals surface area contributed by atoms with Gasteiger partial charge in [0.15, 0.2) is 0 Å². The zero-order valence-corrected chi connectivity index (χ0v) is 19.2. The molecular weight excluding hydrogens is 426 g/mol. The molecule has 4 aromatic rings. The van der Waals surface area contributed by atoms with Crippen LogP contribution in [0.5, 0.6) is 0 Å². The first-order valence-electron chi connectivity index (χ1n) is 10.8. The molecule has 0 amide bonds. The molecule has 0 saturated carbocycles. The van der Waals surface area contributed by atoms with E-state index in [4.69, 9.17) is 4.98 Å². The van der Waals surface area contributed by atoms with Crippen molar-refractivity contribution in [3.63, 3.8) is 0 Å². The van der Waals surface area contributed by atoms with Crippen LogP contribution < -0.4 is 5.32 Å². The van der Waals surface area contributed by atoms with E-state index in [-0.39, 0.29) is 0 Å². The lowest BCUT2D eigenvalue weighted by Gasteiger charge is -2.15. The van der Waals surface area contributed by atoms with Crippen LogP contribution in [0.2, 0.25) is 0 Å². The molecule has 1 aromatic heterocycles. The molecule has 3 aromatic carbocycles. The zero-order valence-electron chi connectivity index (χ0n) is 18.4. The molecule has 0 spiro atoms. The molecule has 2 N–H and O–H groups in total. The number of anilines is 1. The number of para-hydroxylation sites is 1. The lowest BCUT2D eigenvalue weighted by atomic mass is 9.99. The van der Waals surface area contributed by atoms with Gasteiger partial charge in [-0.05, 0) is 30.7 Å². The molecule has 0 aliphatic rings. The summed E-state index contributed by atoms with van der Waals surface area (Å²) in [6.45, 7) is 2.47. The smallest absolute Gasteiger partial charge is 0.115 e. The number of hydrogen-bond donors (Lipinski definition) is 2. The van der Waals surface area contributed by atoms with E-state index in [0.717, 1.165) is 28.1 Å². The van der Waals surface area contributed by atoms with Gasteiger partial charge in [0.25, 0.3) is 0 Å². The van der Waals surface area contributed by atoms with Crippen molar-refractivity contribution >= 4 is 17.4 Å². The molecule has 0 fully saturated rings. The number of aliphatic hydroxyl groups is 1. The van der Waals surface area contributed by atoms with Crippen molar-refractivity contribution in [1.29, 1.82) is 5.26 Å². The Bertz CT molecular complexity index is 1240. The SMILES string of the molecule is Cc1ccc(-c2cc(-c3ccccc3)c(C#N)c(SCC(O)CNc3ccccc3)n2)cc1. The van der Waals surface area contributed by atoms with Crippen molar-refractivity contribution in [3.05, 3.63) is 102 Å². The normalized spacial score (nSPS) is 11.5. The van der Waals surface area contributed by atoms with Crippen LogP contribution in [-0.2, 0) is 0 Å². The Balaban J connectivity index is 1.62. The maximum absolute atomic E-state index is 10.5. The molecule has 1 atom stereocenters. The minimum atomic E-state index is -0.591. The molecular formula is C28H25N3OS. The highest BCUT2D eigenvalue weighted by atomic mass is 32.2. The van der Waals surface area contributed by atoms with Gasteiger partial charge in [-0.1, -0.05) is 78.4 Å². The highest BCUT2D eigenvalue weighted by molar-refractivity contribution is 7.99. The monoisotopic (exact) mass is 451 g/mol. The first-order chi connectivity index (χ1) is 16.1. The lowest BCUT2D eigenvalue weighted by Crippen LogP contribution is -2.21. The number of thioether (sulfide) groups is 1. The van der Waals surface area contributed by atoms with Gasteiger partial charge in [-0.25, -0.2) is 4.98 Å². The van der Waals surface area contributed by atoms with Gasteiger partial charge in [-0.15, -0.1) is 11.8 Å². The molecule has 0 saturated heterocycles. The number of pyridine rings is 1.